The first-order valence-corrected chi connectivity index (χ1v) is 4.13. The Morgan fingerprint density at radius 3 is 2.06 bits per heavy atom. The summed E-state index contributed by atoms with van der Waals surface area (Å²) in [7, 11) is 0. The van der Waals surface area contributed by atoms with Crippen LogP contribution in [0.5, 0.6) is 0 Å². The van der Waals surface area contributed by atoms with Gasteiger partial charge in [0.1, 0.15) is 0 Å². The van der Waals surface area contributed by atoms with Crippen molar-refractivity contribution in [3.05, 3.63) is 35.4 Å². The maximum atomic E-state index is 12.3. The highest BCUT2D eigenvalue weighted by atomic mass is 19.4. The van der Waals surface area contributed by atoms with Crippen LogP contribution < -0.4 is 0 Å². The van der Waals surface area contributed by atoms with E-state index in [4.69, 9.17) is 5.21 Å². The summed E-state index contributed by atoms with van der Waals surface area (Å²) in [6.45, 7) is 0. The molecule has 94 valence electrons. The minimum absolute atomic E-state index is 0.266. The second-order valence-electron chi connectivity index (χ2n) is 3.02. The van der Waals surface area contributed by atoms with E-state index in [1.807, 2.05) is 5.16 Å². The second-order valence-corrected chi connectivity index (χ2v) is 3.02. The summed E-state index contributed by atoms with van der Waals surface area (Å²) >= 11 is 0. The summed E-state index contributed by atoms with van der Waals surface area (Å²) in [6.07, 6.45) is -9.79. The molecule has 0 saturated carbocycles. The molecule has 0 fully saturated rings. The molecule has 2 nitrogen and oxygen atoms in total. The van der Waals surface area contributed by atoms with Crippen LogP contribution in [0.15, 0.2) is 29.4 Å². The van der Waals surface area contributed by atoms with E-state index in [1.165, 1.54) is 0 Å². The van der Waals surface area contributed by atoms with Crippen molar-refractivity contribution >= 4 is 5.71 Å². The van der Waals surface area contributed by atoms with Crippen molar-refractivity contribution in [1.29, 1.82) is 0 Å². The molecule has 0 radical (unpaired) electrons. The smallest absolute Gasteiger partial charge is 0.410 e. The standard InChI is InChI=1S/C9H5F6NO/c10-8(11,12)6-3-1-2-5(4-6)7(16-17)9(13,14)15/h1-4,17H/b16-7+. The predicted molar refractivity (Wildman–Crippen MR) is 45.8 cm³/mol. The summed E-state index contributed by atoms with van der Waals surface area (Å²) < 4.78 is 73.5. The van der Waals surface area contributed by atoms with Gasteiger partial charge in [-0.2, -0.15) is 26.3 Å². The van der Waals surface area contributed by atoms with Gasteiger partial charge >= 0.3 is 12.4 Å². The first kappa shape index (κ1) is 13.3. The maximum Gasteiger partial charge on any atom is 0.437 e. The lowest BCUT2D eigenvalue weighted by Crippen LogP contribution is -2.24. The van der Waals surface area contributed by atoms with Crippen LogP contribution in [0.1, 0.15) is 11.1 Å². The Morgan fingerprint density at radius 1 is 1.06 bits per heavy atom. The quantitative estimate of drug-likeness (QED) is 0.355. The van der Waals surface area contributed by atoms with Crippen LogP contribution in [0.4, 0.5) is 26.3 Å². The molecule has 0 amide bonds. The van der Waals surface area contributed by atoms with Gasteiger partial charge in [0.15, 0.2) is 5.71 Å². The molecule has 0 aromatic heterocycles. The van der Waals surface area contributed by atoms with Gasteiger partial charge in [-0.3, -0.25) is 0 Å². The Bertz CT molecular complexity index is 434. The van der Waals surface area contributed by atoms with Crippen LogP contribution in [0.3, 0.4) is 0 Å². The highest BCUT2D eigenvalue weighted by Crippen LogP contribution is 2.31. The molecule has 0 unspecified atom stereocenters. The van der Waals surface area contributed by atoms with Crippen molar-refractivity contribution in [1.82, 2.24) is 0 Å². The maximum absolute atomic E-state index is 12.3. The van der Waals surface area contributed by atoms with Gasteiger partial charge in [0.25, 0.3) is 0 Å². The van der Waals surface area contributed by atoms with Gasteiger partial charge in [-0.1, -0.05) is 17.3 Å². The molecule has 0 aliphatic heterocycles. The zero-order valence-electron chi connectivity index (χ0n) is 7.97. The Morgan fingerprint density at radius 2 is 1.65 bits per heavy atom. The average Bonchev–Trinajstić information content (AvgIpc) is 2.15. The molecular weight excluding hydrogens is 252 g/mol. The number of alkyl halides is 6. The van der Waals surface area contributed by atoms with Gasteiger partial charge < -0.3 is 5.21 Å². The van der Waals surface area contributed by atoms with Crippen molar-refractivity contribution < 1.29 is 31.5 Å². The fourth-order valence-corrected chi connectivity index (χ4v) is 1.12. The largest absolute Gasteiger partial charge is 0.437 e. The molecule has 1 aromatic carbocycles. The first-order chi connectivity index (χ1) is 7.66. The van der Waals surface area contributed by atoms with Crippen LogP contribution >= 0.6 is 0 Å². The van der Waals surface area contributed by atoms with Gasteiger partial charge in [0, 0.05) is 5.56 Å². The molecule has 0 saturated heterocycles. The van der Waals surface area contributed by atoms with E-state index in [0.717, 1.165) is 12.1 Å². The summed E-state index contributed by atoms with van der Waals surface area (Å²) in [6, 6.07) is 2.46. The fourth-order valence-electron chi connectivity index (χ4n) is 1.12. The lowest BCUT2D eigenvalue weighted by atomic mass is 10.1. The fraction of sp³-hybridized carbons (Fsp3) is 0.222. The van der Waals surface area contributed by atoms with Crippen LogP contribution in [-0.4, -0.2) is 17.1 Å². The number of halogens is 6. The van der Waals surface area contributed by atoms with Crippen LogP contribution in [0, 0.1) is 0 Å². The third-order valence-electron chi connectivity index (χ3n) is 1.83. The van der Waals surface area contributed by atoms with E-state index in [0.29, 0.717) is 6.07 Å². The summed E-state index contributed by atoms with van der Waals surface area (Å²) in [5.74, 6) is 0. The van der Waals surface area contributed by atoms with Gasteiger partial charge in [0.05, 0.1) is 5.56 Å². The minimum Gasteiger partial charge on any atom is -0.410 e. The highest BCUT2D eigenvalue weighted by molar-refractivity contribution is 6.04. The number of benzene rings is 1. The third-order valence-corrected chi connectivity index (χ3v) is 1.83. The summed E-state index contributed by atoms with van der Waals surface area (Å²) in [4.78, 5) is 0. The number of nitrogens with zero attached hydrogens (tertiary/aromatic N) is 1. The molecule has 1 N–H and O–H groups in total. The highest BCUT2D eigenvalue weighted by Gasteiger charge is 2.39. The van der Waals surface area contributed by atoms with Crippen molar-refractivity contribution in [3.8, 4) is 0 Å². The van der Waals surface area contributed by atoms with E-state index in [1.54, 1.807) is 0 Å². The number of hydrogen-bond acceptors (Lipinski definition) is 2. The van der Waals surface area contributed by atoms with Crippen LogP contribution in [-0.2, 0) is 6.18 Å². The molecule has 0 atom stereocenters. The van der Waals surface area contributed by atoms with E-state index < -0.39 is 29.2 Å². The molecule has 17 heavy (non-hydrogen) atoms. The Kier molecular flexibility index (Phi) is 3.35. The molecule has 8 heteroatoms. The topological polar surface area (TPSA) is 32.6 Å². The number of oxime groups is 1. The molecule has 0 heterocycles. The van der Waals surface area contributed by atoms with Gasteiger partial charge in [-0.25, -0.2) is 0 Å². The minimum atomic E-state index is -5.03. The summed E-state index contributed by atoms with van der Waals surface area (Å²) in [5, 5.41) is 10.2. The lowest BCUT2D eigenvalue weighted by molar-refractivity contribution is -0.137. The SMILES string of the molecule is O/N=C(\c1cccc(C(F)(F)F)c1)C(F)(F)F. The lowest BCUT2D eigenvalue weighted by Gasteiger charge is -2.11. The molecule has 0 bridgehead atoms. The normalized spacial score (nSPS) is 13.9. The Balaban J connectivity index is 3.25. The first-order valence-electron chi connectivity index (χ1n) is 4.13. The van der Waals surface area contributed by atoms with Gasteiger partial charge in [-0.05, 0) is 12.1 Å². The number of rotatable bonds is 1. The van der Waals surface area contributed by atoms with E-state index in [2.05, 4.69) is 0 Å². The monoisotopic (exact) mass is 257 g/mol. The van der Waals surface area contributed by atoms with E-state index in [-0.39, 0.29) is 6.07 Å². The number of hydrogen-bond donors (Lipinski definition) is 1. The third kappa shape index (κ3) is 3.11. The molecular formula is C9H5F6NO. The zero-order valence-corrected chi connectivity index (χ0v) is 7.97. The van der Waals surface area contributed by atoms with Crippen LogP contribution in [0.25, 0.3) is 0 Å². The van der Waals surface area contributed by atoms with Crippen molar-refractivity contribution in [2.75, 3.05) is 0 Å². The molecule has 0 aliphatic rings. The summed E-state index contributed by atoms with van der Waals surface area (Å²) in [5.41, 5.74) is -3.88. The van der Waals surface area contributed by atoms with Crippen molar-refractivity contribution in [2.45, 2.75) is 12.4 Å². The van der Waals surface area contributed by atoms with Gasteiger partial charge in [0.2, 0.25) is 0 Å². The Labute approximate surface area is 91.2 Å². The Hall–Kier alpha value is -1.73. The van der Waals surface area contributed by atoms with Crippen LogP contribution in [0.2, 0.25) is 0 Å². The molecule has 0 spiro atoms. The predicted octanol–water partition coefficient (Wildman–Crippen LogP) is 3.45. The van der Waals surface area contributed by atoms with E-state index >= 15 is 0 Å². The molecule has 1 rings (SSSR count). The average molecular weight is 257 g/mol. The van der Waals surface area contributed by atoms with Crippen molar-refractivity contribution in [3.63, 3.8) is 0 Å². The zero-order chi connectivity index (χ0) is 13.3. The molecule has 0 aliphatic carbocycles. The van der Waals surface area contributed by atoms with Gasteiger partial charge in [-0.15, -0.1) is 0 Å². The molecule has 1 aromatic rings. The van der Waals surface area contributed by atoms with Crippen molar-refractivity contribution in [2.24, 2.45) is 5.16 Å². The second kappa shape index (κ2) is 4.27. The van der Waals surface area contributed by atoms with E-state index in [9.17, 15) is 26.3 Å².